The van der Waals surface area contributed by atoms with Gasteiger partial charge in [-0.25, -0.2) is 9.13 Å². The molecule has 0 aromatic rings. The fourth-order valence-corrected chi connectivity index (χ4v) is 13.1. The van der Waals surface area contributed by atoms with Crippen LogP contribution in [0.2, 0.25) is 0 Å². The number of carbonyl (C=O) groups is 4. The van der Waals surface area contributed by atoms with Gasteiger partial charge in [-0.1, -0.05) is 337 Å². The highest BCUT2D eigenvalue weighted by atomic mass is 31.2. The van der Waals surface area contributed by atoms with Crippen molar-refractivity contribution in [1.82, 2.24) is 0 Å². The Morgan fingerprint density at radius 3 is 0.800 bits per heavy atom. The SMILES string of the molecule is CCCCCCCCCCC(=O)OC[C@H](COP(=O)(O)OC[C@H](O)COP(=O)(O)OC[C@@H](COC(=O)CCCCCCCCCCCCCCCC(C)C)OC(=O)CCCCCCCCCCCCCCCCCCCCC(C)CC)OC(=O)CCCCCCCCC(C)C. The van der Waals surface area contributed by atoms with Gasteiger partial charge in [-0.05, 0) is 43.4 Å². The number of phosphoric acid groups is 2. The maximum Gasteiger partial charge on any atom is 0.472 e. The molecule has 0 amide bonds. The van der Waals surface area contributed by atoms with Gasteiger partial charge in [0.25, 0.3) is 0 Å². The summed E-state index contributed by atoms with van der Waals surface area (Å²) in [7, 11) is -9.90. The van der Waals surface area contributed by atoms with Gasteiger partial charge in [-0.15, -0.1) is 0 Å². The Morgan fingerprint density at radius 1 is 0.305 bits per heavy atom. The van der Waals surface area contributed by atoms with Crippen molar-refractivity contribution in [3.8, 4) is 0 Å². The topological polar surface area (TPSA) is 237 Å². The Labute approximate surface area is 581 Å². The van der Waals surface area contributed by atoms with Crippen molar-refractivity contribution in [2.45, 2.75) is 407 Å². The molecule has 0 spiro atoms. The molecule has 3 unspecified atom stereocenters. The van der Waals surface area contributed by atoms with Crippen LogP contribution < -0.4 is 0 Å². The Bertz CT molecular complexity index is 1850. The first-order valence-electron chi connectivity index (χ1n) is 39.4. The van der Waals surface area contributed by atoms with Crippen LogP contribution in [0.4, 0.5) is 0 Å². The van der Waals surface area contributed by atoms with E-state index in [0.717, 1.165) is 108 Å². The minimum atomic E-state index is -4.96. The van der Waals surface area contributed by atoms with Crippen molar-refractivity contribution >= 4 is 39.5 Å². The maximum absolute atomic E-state index is 13.1. The highest BCUT2D eigenvalue weighted by Crippen LogP contribution is 2.45. The van der Waals surface area contributed by atoms with Crippen LogP contribution in [0.3, 0.4) is 0 Å². The molecular weight excluding hydrogens is 1250 g/mol. The number of esters is 4. The summed E-state index contributed by atoms with van der Waals surface area (Å²) in [4.78, 5) is 72.6. The van der Waals surface area contributed by atoms with Crippen LogP contribution in [-0.4, -0.2) is 96.7 Å². The van der Waals surface area contributed by atoms with Gasteiger partial charge >= 0.3 is 39.5 Å². The molecule has 0 heterocycles. The first kappa shape index (κ1) is 93.1. The summed E-state index contributed by atoms with van der Waals surface area (Å²) in [5.41, 5.74) is 0. The van der Waals surface area contributed by atoms with Crippen molar-refractivity contribution in [2.24, 2.45) is 17.8 Å². The van der Waals surface area contributed by atoms with E-state index in [1.54, 1.807) is 0 Å². The lowest BCUT2D eigenvalue weighted by atomic mass is 9.99. The smallest absolute Gasteiger partial charge is 0.462 e. The van der Waals surface area contributed by atoms with Gasteiger partial charge in [0.05, 0.1) is 26.4 Å². The van der Waals surface area contributed by atoms with E-state index in [1.807, 2.05) is 0 Å². The summed E-state index contributed by atoms with van der Waals surface area (Å²) in [6, 6.07) is 0. The molecule has 95 heavy (non-hydrogen) atoms. The van der Waals surface area contributed by atoms with E-state index in [2.05, 4.69) is 48.5 Å². The third-order valence-corrected chi connectivity index (χ3v) is 19.9. The Hall–Kier alpha value is -1.94. The van der Waals surface area contributed by atoms with E-state index >= 15 is 0 Å². The molecule has 0 aliphatic rings. The van der Waals surface area contributed by atoms with Gasteiger partial charge in [0.2, 0.25) is 0 Å². The average Bonchev–Trinajstić information content (AvgIpc) is 3.61. The quantitative estimate of drug-likeness (QED) is 0.0222. The van der Waals surface area contributed by atoms with E-state index in [0.29, 0.717) is 31.6 Å². The molecule has 0 radical (unpaired) electrons. The number of phosphoric ester groups is 2. The predicted octanol–water partition coefficient (Wildman–Crippen LogP) is 22.2. The van der Waals surface area contributed by atoms with E-state index in [1.165, 1.54) is 193 Å². The molecule has 0 bridgehead atoms. The molecule has 0 aliphatic carbocycles. The molecule has 0 saturated carbocycles. The molecular formula is C76H148O17P2. The zero-order valence-corrected chi connectivity index (χ0v) is 63.9. The Morgan fingerprint density at radius 2 is 0.537 bits per heavy atom. The number of ether oxygens (including phenoxy) is 4. The van der Waals surface area contributed by atoms with Crippen LogP contribution in [0.15, 0.2) is 0 Å². The minimum Gasteiger partial charge on any atom is -0.462 e. The van der Waals surface area contributed by atoms with E-state index in [4.69, 9.17) is 37.0 Å². The number of hydrogen-bond acceptors (Lipinski definition) is 15. The molecule has 19 heteroatoms. The van der Waals surface area contributed by atoms with Crippen molar-refractivity contribution in [3.63, 3.8) is 0 Å². The van der Waals surface area contributed by atoms with Gasteiger partial charge in [0, 0.05) is 25.7 Å². The summed E-state index contributed by atoms with van der Waals surface area (Å²) in [6.07, 6.45) is 53.1. The third-order valence-electron chi connectivity index (χ3n) is 18.0. The third kappa shape index (κ3) is 69.0. The van der Waals surface area contributed by atoms with Gasteiger partial charge in [0.1, 0.15) is 19.3 Å². The van der Waals surface area contributed by atoms with E-state index in [9.17, 15) is 43.2 Å². The second-order valence-corrected chi connectivity index (χ2v) is 31.5. The van der Waals surface area contributed by atoms with Crippen molar-refractivity contribution in [2.75, 3.05) is 39.6 Å². The summed E-state index contributed by atoms with van der Waals surface area (Å²) in [5.74, 6) is 0.206. The standard InChI is InChI=1S/C76H148O17P2/c1-8-10-11-12-13-35-43-50-57-73(78)86-64-72(93-76(81)60-53-46-39-38-41-48-55-68(5)6)66-91-95(84,85)89-62-70(77)61-88-94(82,83)90-65-71(63-87-74(79)58-51-44-36-31-27-24-20-21-25-29-33-40-47-54-67(3)4)92-75(80)59-52-45-37-32-28-23-19-17-15-14-16-18-22-26-30-34-42-49-56-69(7)9-2/h67-72,77H,8-66H2,1-7H3,(H,82,83)(H,84,85)/t69?,70-,71-,72-/m1/s1. The number of unbranched alkanes of at least 4 members (excludes halogenated alkanes) is 41. The molecule has 0 saturated heterocycles. The van der Waals surface area contributed by atoms with Crippen LogP contribution in [0, 0.1) is 17.8 Å². The summed E-state index contributed by atoms with van der Waals surface area (Å²) in [5, 5.41) is 10.6. The molecule has 0 fully saturated rings. The fraction of sp³-hybridized carbons (Fsp3) is 0.947. The molecule has 6 atom stereocenters. The van der Waals surface area contributed by atoms with E-state index < -0.39 is 97.5 Å². The monoisotopic (exact) mass is 1400 g/mol. The zero-order chi connectivity index (χ0) is 70.1. The highest BCUT2D eigenvalue weighted by Gasteiger charge is 2.30. The van der Waals surface area contributed by atoms with Crippen LogP contribution >= 0.6 is 15.6 Å². The zero-order valence-electron chi connectivity index (χ0n) is 62.1. The number of hydrogen-bond donors (Lipinski definition) is 3. The summed E-state index contributed by atoms with van der Waals surface area (Å²) in [6.45, 7) is 11.9. The first-order chi connectivity index (χ1) is 45.8. The molecule has 0 aromatic carbocycles. The van der Waals surface area contributed by atoms with Gasteiger partial charge < -0.3 is 33.8 Å². The van der Waals surface area contributed by atoms with Gasteiger partial charge in [0.15, 0.2) is 12.2 Å². The molecule has 0 aromatic heterocycles. The summed E-state index contributed by atoms with van der Waals surface area (Å²) >= 11 is 0. The average molecular weight is 1400 g/mol. The number of rotatable bonds is 74. The number of carbonyl (C=O) groups excluding carboxylic acids is 4. The van der Waals surface area contributed by atoms with Crippen molar-refractivity contribution < 1.29 is 80.2 Å². The maximum atomic E-state index is 13.1. The van der Waals surface area contributed by atoms with E-state index in [-0.39, 0.29) is 25.7 Å². The molecule has 0 aliphatic heterocycles. The second-order valence-electron chi connectivity index (χ2n) is 28.6. The minimum absolute atomic E-state index is 0.102. The normalized spacial score (nSPS) is 14.4. The molecule has 0 rings (SSSR count). The van der Waals surface area contributed by atoms with Crippen LogP contribution in [0.1, 0.15) is 389 Å². The van der Waals surface area contributed by atoms with Crippen LogP contribution in [-0.2, 0) is 65.4 Å². The van der Waals surface area contributed by atoms with Gasteiger partial charge in [-0.3, -0.25) is 37.3 Å². The lowest BCUT2D eigenvalue weighted by Crippen LogP contribution is -2.30. The molecule has 564 valence electrons. The van der Waals surface area contributed by atoms with Crippen molar-refractivity contribution in [1.29, 1.82) is 0 Å². The lowest BCUT2D eigenvalue weighted by molar-refractivity contribution is -0.161. The lowest BCUT2D eigenvalue weighted by Gasteiger charge is -2.21. The Balaban J connectivity index is 5.15. The second kappa shape index (κ2) is 66.6. The van der Waals surface area contributed by atoms with Crippen LogP contribution in [0.25, 0.3) is 0 Å². The number of aliphatic hydroxyl groups is 1. The Kier molecular flexibility index (Phi) is 65.2. The first-order valence-corrected chi connectivity index (χ1v) is 42.4. The van der Waals surface area contributed by atoms with Gasteiger partial charge in [-0.2, -0.15) is 0 Å². The largest absolute Gasteiger partial charge is 0.472 e. The molecule has 17 nitrogen and oxygen atoms in total. The predicted molar refractivity (Wildman–Crippen MR) is 386 cm³/mol. The molecule has 3 N–H and O–H groups in total. The van der Waals surface area contributed by atoms with Crippen molar-refractivity contribution in [3.05, 3.63) is 0 Å². The van der Waals surface area contributed by atoms with Crippen LogP contribution in [0.5, 0.6) is 0 Å². The fourth-order valence-electron chi connectivity index (χ4n) is 11.6. The summed E-state index contributed by atoms with van der Waals surface area (Å²) < 4.78 is 68.3. The number of aliphatic hydroxyl groups excluding tert-OH is 1. The highest BCUT2D eigenvalue weighted by molar-refractivity contribution is 7.47.